The molecule has 0 fully saturated rings. The molecule has 3 aromatic carbocycles. The number of methoxy groups -OCH3 is 1. The zero-order valence-electron chi connectivity index (χ0n) is 18.0. The highest BCUT2D eigenvalue weighted by molar-refractivity contribution is 5.96. The number of carbonyl (C=O) groups excluding carboxylic acids is 2. The van der Waals surface area contributed by atoms with Crippen molar-refractivity contribution >= 4 is 18.0 Å². The molecule has 0 heterocycles. The Morgan fingerprint density at radius 3 is 2.53 bits per heavy atom. The van der Waals surface area contributed by atoms with E-state index in [2.05, 4.69) is 15.8 Å². The fraction of sp³-hybridized carbons (Fsp3) is 0.160. The topological polar surface area (TPSA) is 89.0 Å². The molecule has 7 heteroatoms. The van der Waals surface area contributed by atoms with E-state index in [4.69, 9.17) is 9.47 Å². The highest BCUT2D eigenvalue weighted by atomic mass is 16.5. The van der Waals surface area contributed by atoms with E-state index in [1.165, 1.54) is 6.21 Å². The number of hydrogen-bond donors (Lipinski definition) is 2. The molecule has 2 N–H and O–H groups in total. The summed E-state index contributed by atoms with van der Waals surface area (Å²) in [5.41, 5.74) is 5.63. The second kappa shape index (κ2) is 11.3. The molecule has 0 aliphatic carbocycles. The Balaban J connectivity index is 1.52. The predicted molar refractivity (Wildman–Crippen MR) is 123 cm³/mol. The number of amides is 2. The van der Waals surface area contributed by atoms with Gasteiger partial charge >= 0.3 is 0 Å². The molecule has 3 aromatic rings. The maximum Gasteiger partial charge on any atom is 0.259 e. The van der Waals surface area contributed by atoms with E-state index in [0.717, 1.165) is 16.7 Å². The van der Waals surface area contributed by atoms with Crippen molar-refractivity contribution in [3.8, 4) is 11.5 Å². The Kier molecular flexibility index (Phi) is 7.97. The third-order valence-corrected chi connectivity index (χ3v) is 4.52. The van der Waals surface area contributed by atoms with Crippen molar-refractivity contribution in [1.29, 1.82) is 0 Å². The van der Waals surface area contributed by atoms with Gasteiger partial charge < -0.3 is 14.8 Å². The zero-order chi connectivity index (χ0) is 22.8. The molecule has 0 radical (unpaired) electrons. The van der Waals surface area contributed by atoms with Gasteiger partial charge in [0, 0.05) is 5.56 Å². The molecule has 0 aromatic heterocycles. The minimum absolute atomic E-state index is 0.182. The highest BCUT2D eigenvalue weighted by Crippen LogP contribution is 2.28. The van der Waals surface area contributed by atoms with E-state index in [1.807, 2.05) is 43.3 Å². The lowest BCUT2D eigenvalue weighted by molar-refractivity contribution is -0.120. The van der Waals surface area contributed by atoms with Crippen LogP contribution in [0.15, 0.2) is 77.9 Å². The first-order valence-electron chi connectivity index (χ1n) is 10.1. The van der Waals surface area contributed by atoms with Gasteiger partial charge in [0.25, 0.3) is 11.8 Å². The number of carbonyl (C=O) groups is 2. The SMILES string of the molecule is COc1ccc(/C=N/NC(=O)CNC(=O)c2cccc(C)c2)cc1OCc1ccccc1. The molecule has 0 aliphatic rings. The fourth-order valence-corrected chi connectivity index (χ4v) is 2.89. The zero-order valence-corrected chi connectivity index (χ0v) is 18.0. The van der Waals surface area contributed by atoms with Crippen molar-refractivity contribution < 1.29 is 19.1 Å². The van der Waals surface area contributed by atoms with Crippen molar-refractivity contribution in [2.45, 2.75) is 13.5 Å². The van der Waals surface area contributed by atoms with E-state index < -0.39 is 5.91 Å². The van der Waals surface area contributed by atoms with Crippen LogP contribution < -0.4 is 20.2 Å². The molecule has 0 atom stereocenters. The summed E-state index contributed by atoms with van der Waals surface area (Å²) in [6.45, 7) is 2.11. The molecule has 2 amide bonds. The summed E-state index contributed by atoms with van der Waals surface area (Å²) in [6, 6.07) is 22.3. The van der Waals surface area contributed by atoms with Crippen LogP contribution in [-0.2, 0) is 11.4 Å². The summed E-state index contributed by atoms with van der Waals surface area (Å²) in [5, 5.41) is 6.52. The van der Waals surface area contributed by atoms with E-state index in [0.29, 0.717) is 23.7 Å². The van der Waals surface area contributed by atoms with E-state index >= 15 is 0 Å². The smallest absolute Gasteiger partial charge is 0.259 e. The van der Waals surface area contributed by atoms with Crippen molar-refractivity contribution in [3.63, 3.8) is 0 Å². The normalized spacial score (nSPS) is 10.6. The molecule has 0 saturated carbocycles. The molecular weight excluding hydrogens is 406 g/mol. The molecule has 0 saturated heterocycles. The van der Waals surface area contributed by atoms with Gasteiger partial charge in [-0.05, 0) is 48.4 Å². The van der Waals surface area contributed by atoms with Crippen LogP contribution in [0.4, 0.5) is 0 Å². The van der Waals surface area contributed by atoms with Crippen molar-refractivity contribution in [3.05, 3.63) is 95.1 Å². The average molecular weight is 431 g/mol. The van der Waals surface area contributed by atoms with E-state index in [1.54, 1.807) is 43.5 Å². The Labute approximate surface area is 187 Å². The van der Waals surface area contributed by atoms with Gasteiger partial charge in [0.05, 0.1) is 19.9 Å². The fourth-order valence-electron chi connectivity index (χ4n) is 2.89. The Bertz CT molecular complexity index is 1100. The number of hydrogen-bond acceptors (Lipinski definition) is 5. The van der Waals surface area contributed by atoms with Gasteiger partial charge in [-0.25, -0.2) is 5.43 Å². The van der Waals surface area contributed by atoms with Crippen LogP contribution >= 0.6 is 0 Å². The van der Waals surface area contributed by atoms with E-state index in [-0.39, 0.29) is 12.5 Å². The second-order valence-electron chi connectivity index (χ2n) is 7.03. The van der Waals surface area contributed by atoms with Crippen LogP contribution in [0.2, 0.25) is 0 Å². The van der Waals surface area contributed by atoms with Crippen LogP contribution in [0.1, 0.15) is 27.0 Å². The maximum absolute atomic E-state index is 12.1. The number of nitrogens with zero attached hydrogens (tertiary/aromatic N) is 1. The van der Waals surface area contributed by atoms with Crippen LogP contribution in [0.5, 0.6) is 11.5 Å². The van der Waals surface area contributed by atoms with Crippen molar-refractivity contribution in [1.82, 2.24) is 10.7 Å². The molecule has 32 heavy (non-hydrogen) atoms. The first-order valence-corrected chi connectivity index (χ1v) is 10.1. The minimum Gasteiger partial charge on any atom is -0.493 e. The van der Waals surface area contributed by atoms with Crippen LogP contribution in [-0.4, -0.2) is 31.7 Å². The number of benzene rings is 3. The lowest BCUT2D eigenvalue weighted by Gasteiger charge is -2.11. The quantitative estimate of drug-likeness (QED) is 0.401. The maximum atomic E-state index is 12.1. The van der Waals surface area contributed by atoms with E-state index in [9.17, 15) is 9.59 Å². The molecule has 7 nitrogen and oxygen atoms in total. The van der Waals surface area contributed by atoms with Gasteiger partial charge in [0.15, 0.2) is 11.5 Å². The predicted octanol–water partition coefficient (Wildman–Crippen LogP) is 3.46. The number of nitrogens with one attached hydrogen (secondary N) is 2. The Morgan fingerprint density at radius 1 is 0.969 bits per heavy atom. The summed E-state index contributed by atoms with van der Waals surface area (Å²) in [7, 11) is 1.57. The van der Waals surface area contributed by atoms with Gasteiger partial charge in [-0.3, -0.25) is 9.59 Å². The molecule has 0 unspecified atom stereocenters. The second-order valence-corrected chi connectivity index (χ2v) is 7.03. The largest absolute Gasteiger partial charge is 0.493 e. The lowest BCUT2D eigenvalue weighted by Crippen LogP contribution is -2.34. The monoisotopic (exact) mass is 431 g/mol. The number of rotatable bonds is 9. The van der Waals surface area contributed by atoms with Gasteiger partial charge in [-0.1, -0.05) is 48.0 Å². The molecule has 164 valence electrons. The number of ether oxygens (including phenoxy) is 2. The standard InChI is InChI=1S/C25H25N3O4/c1-18-7-6-10-21(13-18)25(30)26-16-24(29)28-27-15-20-11-12-22(31-2)23(14-20)32-17-19-8-4-3-5-9-19/h3-15H,16-17H2,1-2H3,(H,26,30)(H,28,29)/b27-15+. The first-order chi connectivity index (χ1) is 15.5. The molecule has 0 aliphatic heterocycles. The third-order valence-electron chi connectivity index (χ3n) is 4.52. The Hall–Kier alpha value is -4.13. The molecule has 3 rings (SSSR count). The lowest BCUT2D eigenvalue weighted by atomic mass is 10.1. The van der Waals surface area contributed by atoms with Crippen molar-refractivity contribution in [2.24, 2.45) is 5.10 Å². The van der Waals surface area contributed by atoms with Gasteiger partial charge in [-0.2, -0.15) is 5.10 Å². The molecular formula is C25H25N3O4. The third kappa shape index (κ3) is 6.70. The average Bonchev–Trinajstić information content (AvgIpc) is 2.82. The van der Waals surface area contributed by atoms with Gasteiger partial charge in [-0.15, -0.1) is 0 Å². The van der Waals surface area contributed by atoms with Gasteiger partial charge in [0.1, 0.15) is 6.61 Å². The molecule has 0 spiro atoms. The summed E-state index contributed by atoms with van der Waals surface area (Å²) in [4.78, 5) is 24.1. The number of hydrazone groups is 1. The minimum atomic E-state index is -0.434. The van der Waals surface area contributed by atoms with Crippen molar-refractivity contribution in [2.75, 3.05) is 13.7 Å². The summed E-state index contributed by atoms with van der Waals surface area (Å²) in [5.74, 6) is 0.414. The summed E-state index contributed by atoms with van der Waals surface area (Å²) >= 11 is 0. The van der Waals surface area contributed by atoms with Gasteiger partial charge in [0.2, 0.25) is 0 Å². The first kappa shape index (κ1) is 22.6. The number of aryl methyl sites for hydroxylation is 1. The summed E-state index contributed by atoms with van der Waals surface area (Å²) < 4.78 is 11.2. The Morgan fingerprint density at radius 2 is 1.78 bits per heavy atom. The summed E-state index contributed by atoms with van der Waals surface area (Å²) in [6.07, 6.45) is 1.50. The highest BCUT2D eigenvalue weighted by Gasteiger charge is 2.08. The van der Waals surface area contributed by atoms with Crippen LogP contribution in [0.25, 0.3) is 0 Å². The molecule has 0 bridgehead atoms. The van der Waals surface area contributed by atoms with Crippen LogP contribution in [0, 0.1) is 6.92 Å². The van der Waals surface area contributed by atoms with Crippen LogP contribution in [0.3, 0.4) is 0 Å².